The van der Waals surface area contributed by atoms with E-state index in [4.69, 9.17) is 0 Å². The van der Waals surface area contributed by atoms with Crippen molar-refractivity contribution in [1.82, 2.24) is 0 Å². The lowest BCUT2D eigenvalue weighted by molar-refractivity contribution is -0.113. The summed E-state index contributed by atoms with van der Waals surface area (Å²) < 4.78 is 0. The molecule has 5 rings (SSSR count). The second kappa shape index (κ2) is 7.84. The minimum Gasteiger partial charge on any atom is -0.354 e. The fourth-order valence-electron chi connectivity index (χ4n) is 4.18. The number of rotatable bonds is 4. The van der Waals surface area contributed by atoms with E-state index >= 15 is 0 Å². The van der Waals surface area contributed by atoms with Crippen molar-refractivity contribution in [2.75, 3.05) is 5.32 Å². The van der Waals surface area contributed by atoms with Crippen LogP contribution >= 0.6 is 0 Å². The Kier molecular flexibility index (Phi) is 4.74. The van der Waals surface area contributed by atoms with E-state index in [9.17, 15) is 4.79 Å². The van der Waals surface area contributed by atoms with Crippen LogP contribution in [-0.2, 0) is 4.79 Å². The molecule has 2 nitrogen and oxygen atoms in total. The van der Waals surface area contributed by atoms with Crippen LogP contribution in [0.15, 0.2) is 115 Å². The van der Waals surface area contributed by atoms with E-state index in [1.165, 1.54) is 0 Å². The number of fused-ring (bicyclic) bond motifs is 1. The zero-order valence-corrected chi connectivity index (χ0v) is 16.5. The zero-order chi connectivity index (χ0) is 20.3. The Morgan fingerprint density at radius 1 is 0.633 bits per heavy atom. The van der Waals surface area contributed by atoms with Crippen LogP contribution in [0.4, 0.5) is 5.69 Å². The fraction of sp³-hybridized carbons (Fsp3) is 0.0357. The van der Waals surface area contributed by atoms with Crippen molar-refractivity contribution >= 4 is 22.7 Å². The predicted octanol–water partition coefficient (Wildman–Crippen LogP) is 6.38. The van der Waals surface area contributed by atoms with Gasteiger partial charge in [0.15, 0.2) is 5.78 Å². The summed E-state index contributed by atoms with van der Waals surface area (Å²) in [5.74, 6) is -0.154. The van der Waals surface area contributed by atoms with E-state index in [1.54, 1.807) is 0 Å². The summed E-state index contributed by atoms with van der Waals surface area (Å²) in [5.41, 5.74) is 6.63. The van der Waals surface area contributed by atoms with Crippen molar-refractivity contribution in [3.05, 3.63) is 138 Å². The number of allylic oxidation sites excluding steroid dienone is 1. The van der Waals surface area contributed by atoms with Gasteiger partial charge in [-0.2, -0.15) is 0 Å². The lowest BCUT2D eigenvalue weighted by Crippen LogP contribution is -2.11. The molecule has 0 spiro atoms. The number of ketones is 1. The van der Waals surface area contributed by atoms with Gasteiger partial charge in [-0.25, -0.2) is 0 Å². The lowest BCUT2D eigenvalue weighted by Gasteiger charge is -2.15. The van der Waals surface area contributed by atoms with Crippen molar-refractivity contribution in [2.45, 2.75) is 5.92 Å². The molecular weight excluding hydrogens is 366 g/mol. The summed E-state index contributed by atoms with van der Waals surface area (Å²) in [6, 6.07) is 38.3. The number of nitrogens with one attached hydrogen (secondary N) is 1. The summed E-state index contributed by atoms with van der Waals surface area (Å²) in [5, 5.41) is 3.54. The van der Waals surface area contributed by atoms with Gasteiger partial charge in [-0.15, -0.1) is 0 Å². The van der Waals surface area contributed by atoms with Gasteiger partial charge in [0.1, 0.15) is 0 Å². The van der Waals surface area contributed by atoms with Crippen molar-refractivity contribution in [1.29, 1.82) is 0 Å². The van der Waals surface area contributed by atoms with E-state index in [2.05, 4.69) is 17.4 Å². The van der Waals surface area contributed by atoms with E-state index in [0.29, 0.717) is 0 Å². The smallest absolute Gasteiger partial charge is 0.177 e. The van der Waals surface area contributed by atoms with Crippen LogP contribution in [0.2, 0.25) is 0 Å². The molecule has 0 bridgehead atoms. The maximum atomic E-state index is 13.9. The number of hydrogen-bond acceptors (Lipinski definition) is 2. The molecule has 1 atom stereocenters. The van der Waals surface area contributed by atoms with Crippen LogP contribution in [0.3, 0.4) is 0 Å². The van der Waals surface area contributed by atoms with Crippen LogP contribution in [0.25, 0.3) is 11.3 Å². The third kappa shape index (κ3) is 3.23. The fourth-order valence-corrected chi connectivity index (χ4v) is 4.18. The molecule has 1 N–H and O–H groups in total. The lowest BCUT2D eigenvalue weighted by atomic mass is 9.92. The number of anilines is 1. The average molecular weight is 387 g/mol. The van der Waals surface area contributed by atoms with Crippen LogP contribution in [0, 0.1) is 0 Å². The SMILES string of the molecule is O=C1/C(=C(\Nc2ccccc2)c2ccccc2)c2ccccc2C1c1ccccc1. The molecule has 2 heteroatoms. The van der Waals surface area contributed by atoms with Gasteiger partial charge in [-0.3, -0.25) is 4.79 Å². The second-order valence-electron chi connectivity index (χ2n) is 7.40. The zero-order valence-electron chi connectivity index (χ0n) is 16.5. The van der Waals surface area contributed by atoms with Gasteiger partial charge in [-0.1, -0.05) is 103 Å². The Labute approximate surface area is 176 Å². The molecule has 1 aliphatic rings. The van der Waals surface area contributed by atoms with Crippen molar-refractivity contribution in [2.24, 2.45) is 0 Å². The van der Waals surface area contributed by atoms with E-state index in [1.807, 2.05) is 103 Å². The molecule has 0 amide bonds. The van der Waals surface area contributed by atoms with Gasteiger partial charge in [-0.05, 0) is 34.4 Å². The molecule has 0 aliphatic heterocycles. The molecule has 0 saturated heterocycles. The molecule has 0 aromatic heterocycles. The van der Waals surface area contributed by atoms with Crippen LogP contribution in [0.1, 0.15) is 28.2 Å². The summed E-state index contributed by atoms with van der Waals surface area (Å²) in [4.78, 5) is 13.9. The normalized spacial score (nSPS) is 16.8. The largest absolute Gasteiger partial charge is 0.354 e. The summed E-state index contributed by atoms with van der Waals surface area (Å²) in [7, 11) is 0. The van der Waals surface area contributed by atoms with Gasteiger partial charge in [0.25, 0.3) is 0 Å². The first kappa shape index (κ1) is 18.1. The molecule has 4 aromatic rings. The van der Waals surface area contributed by atoms with E-state index < -0.39 is 0 Å². The number of para-hydroxylation sites is 1. The highest BCUT2D eigenvalue weighted by atomic mass is 16.1. The Bertz CT molecular complexity index is 1210. The van der Waals surface area contributed by atoms with Gasteiger partial charge in [0.2, 0.25) is 0 Å². The highest BCUT2D eigenvalue weighted by molar-refractivity contribution is 6.35. The molecule has 0 heterocycles. The molecule has 0 radical (unpaired) electrons. The Hall–Kier alpha value is -3.91. The first-order valence-electron chi connectivity index (χ1n) is 10.1. The standard InChI is InChI=1S/C28H21NO/c30-28-25(20-12-4-1-5-13-20)23-18-10-11-19-24(23)26(28)27(21-14-6-2-7-15-21)29-22-16-8-3-9-17-22/h1-19,25,29H/b27-26-. The monoisotopic (exact) mass is 387 g/mol. The molecule has 4 aromatic carbocycles. The first-order chi connectivity index (χ1) is 14.8. The first-order valence-corrected chi connectivity index (χ1v) is 10.1. The van der Waals surface area contributed by atoms with Crippen molar-refractivity contribution in [3.63, 3.8) is 0 Å². The number of hydrogen-bond donors (Lipinski definition) is 1. The van der Waals surface area contributed by atoms with Gasteiger partial charge < -0.3 is 5.32 Å². The quantitative estimate of drug-likeness (QED) is 0.412. The number of benzene rings is 4. The highest BCUT2D eigenvalue weighted by Crippen LogP contribution is 2.45. The number of Topliss-reactive ketones (excluding diaryl/α,β-unsaturated/α-hetero) is 1. The molecule has 144 valence electrons. The van der Waals surface area contributed by atoms with Crippen LogP contribution in [-0.4, -0.2) is 5.78 Å². The van der Waals surface area contributed by atoms with Gasteiger partial charge >= 0.3 is 0 Å². The average Bonchev–Trinajstić information content (AvgIpc) is 3.11. The Morgan fingerprint density at radius 2 is 1.20 bits per heavy atom. The van der Waals surface area contributed by atoms with E-state index in [-0.39, 0.29) is 11.7 Å². The molecular formula is C28H21NO. The number of carbonyl (C=O) groups excluding carboxylic acids is 1. The third-order valence-electron chi connectivity index (χ3n) is 5.54. The van der Waals surface area contributed by atoms with Crippen LogP contribution in [0.5, 0.6) is 0 Å². The molecule has 0 fully saturated rings. The summed E-state index contributed by atoms with van der Waals surface area (Å²) in [6.07, 6.45) is 0. The van der Waals surface area contributed by atoms with Crippen molar-refractivity contribution in [3.8, 4) is 0 Å². The molecule has 1 unspecified atom stereocenters. The maximum Gasteiger partial charge on any atom is 0.177 e. The molecule has 0 saturated carbocycles. The predicted molar refractivity (Wildman–Crippen MR) is 123 cm³/mol. The maximum absolute atomic E-state index is 13.9. The van der Waals surface area contributed by atoms with E-state index in [0.717, 1.165) is 39.2 Å². The Balaban J connectivity index is 1.74. The molecule has 30 heavy (non-hydrogen) atoms. The minimum atomic E-state index is -0.284. The van der Waals surface area contributed by atoms with Gasteiger partial charge in [0.05, 0.1) is 17.2 Å². The topological polar surface area (TPSA) is 29.1 Å². The van der Waals surface area contributed by atoms with Crippen molar-refractivity contribution < 1.29 is 4.79 Å². The molecule has 1 aliphatic carbocycles. The Morgan fingerprint density at radius 3 is 1.90 bits per heavy atom. The number of carbonyl (C=O) groups is 1. The summed E-state index contributed by atoms with van der Waals surface area (Å²) in [6.45, 7) is 0. The van der Waals surface area contributed by atoms with Gasteiger partial charge in [0, 0.05) is 5.69 Å². The summed E-state index contributed by atoms with van der Waals surface area (Å²) >= 11 is 0. The second-order valence-corrected chi connectivity index (χ2v) is 7.40. The third-order valence-corrected chi connectivity index (χ3v) is 5.54. The van der Waals surface area contributed by atoms with Crippen LogP contribution < -0.4 is 5.32 Å². The highest BCUT2D eigenvalue weighted by Gasteiger charge is 2.38. The minimum absolute atomic E-state index is 0.129.